The zero-order valence-electron chi connectivity index (χ0n) is 23.8. The molecule has 1 aliphatic heterocycles. The lowest BCUT2D eigenvalue weighted by atomic mass is 9.66. The molecule has 0 amide bonds. The zero-order chi connectivity index (χ0) is 28.4. The predicted molar refractivity (Wildman–Crippen MR) is 179 cm³/mol. The van der Waals surface area contributed by atoms with Crippen LogP contribution < -0.4 is 4.90 Å². The van der Waals surface area contributed by atoms with Crippen molar-refractivity contribution in [3.63, 3.8) is 0 Å². The van der Waals surface area contributed by atoms with Gasteiger partial charge in [0.25, 0.3) is 0 Å². The third-order valence-corrected chi connectivity index (χ3v) is 9.05. The van der Waals surface area contributed by atoms with Crippen LogP contribution >= 0.6 is 0 Å². The first kappa shape index (κ1) is 24.5. The molecule has 0 saturated carbocycles. The van der Waals surface area contributed by atoms with Gasteiger partial charge in [0.2, 0.25) is 0 Å². The summed E-state index contributed by atoms with van der Waals surface area (Å²) in [5.74, 6) is 0. The molecule has 2 N–H and O–H groups in total. The number of nitrogens with zero attached hydrogens (tertiary/aromatic N) is 1. The van der Waals surface area contributed by atoms with E-state index in [2.05, 4.69) is 157 Å². The molecule has 2 aromatic heterocycles. The average molecular weight is 542 g/mol. The molecule has 5 aromatic carbocycles. The normalized spacial score (nSPS) is 17.0. The maximum atomic E-state index is 4.09. The summed E-state index contributed by atoms with van der Waals surface area (Å²) < 4.78 is 0. The highest BCUT2D eigenvalue weighted by molar-refractivity contribution is 6.16. The predicted octanol–water partition coefficient (Wildman–Crippen LogP) is 10.4. The maximum Gasteiger partial charge on any atom is 0.0747 e. The third kappa shape index (κ3) is 3.22. The number of fused-ring (bicyclic) bond motifs is 10. The van der Waals surface area contributed by atoms with Crippen LogP contribution in [0.15, 0.2) is 140 Å². The van der Waals surface area contributed by atoms with E-state index in [0.29, 0.717) is 0 Å². The minimum absolute atomic E-state index is 0.441. The number of nitrogens with one attached hydrogen (secondary N) is 2. The lowest BCUT2D eigenvalue weighted by Crippen LogP contribution is -2.36. The van der Waals surface area contributed by atoms with Crippen molar-refractivity contribution < 1.29 is 0 Å². The lowest BCUT2D eigenvalue weighted by molar-refractivity contribution is 0.686. The number of aromatic amines is 2. The van der Waals surface area contributed by atoms with Crippen LogP contribution in [0, 0.1) is 0 Å². The smallest absolute Gasteiger partial charge is 0.0747 e. The number of H-pyrrole nitrogens is 2. The van der Waals surface area contributed by atoms with Gasteiger partial charge in [-0.2, -0.15) is 0 Å². The summed E-state index contributed by atoms with van der Waals surface area (Å²) in [6, 6.07) is 37.4. The van der Waals surface area contributed by atoms with Gasteiger partial charge in [0.1, 0.15) is 0 Å². The molecule has 202 valence electrons. The van der Waals surface area contributed by atoms with Crippen molar-refractivity contribution in [2.24, 2.45) is 0 Å². The molecule has 7 aromatic rings. The van der Waals surface area contributed by atoms with E-state index in [1.54, 1.807) is 0 Å². The van der Waals surface area contributed by atoms with Crippen LogP contribution in [0.3, 0.4) is 0 Å². The molecule has 0 fully saturated rings. The Hall–Kier alpha value is -5.28. The molecule has 0 spiro atoms. The van der Waals surface area contributed by atoms with E-state index in [-0.39, 0.29) is 0 Å². The van der Waals surface area contributed by atoms with Gasteiger partial charge in [-0.3, -0.25) is 0 Å². The Kier molecular flexibility index (Phi) is 5.32. The summed E-state index contributed by atoms with van der Waals surface area (Å²) in [5.41, 5.74) is 11.3. The first-order valence-corrected chi connectivity index (χ1v) is 14.5. The van der Waals surface area contributed by atoms with Crippen molar-refractivity contribution >= 4 is 55.0 Å². The topological polar surface area (TPSA) is 34.8 Å². The van der Waals surface area contributed by atoms with Gasteiger partial charge < -0.3 is 14.9 Å². The second-order valence-electron chi connectivity index (χ2n) is 11.3. The van der Waals surface area contributed by atoms with Crippen molar-refractivity contribution in [2.45, 2.75) is 19.3 Å². The van der Waals surface area contributed by atoms with Crippen LogP contribution in [0.5, 0.6) is 0 Å². The van der Waals surface area contributed by atoms with E-state index in [1.807, 2.05) is 6.08 Å². The van der Waals surface area contributed by atoms with E-state index in [0.717, 1.165) is 27.9 Å². The Morgan fingerprint density at radius 2 is 1.33 bits per heavy atom. The molecule has 3 heteroatoms. The Bertz CT molecular complexity index is 2240. The summed E-state index contributed by atoms with van der Waals surface area (Å²) in [7, 11) is 0. The molecule has 1 unspecified atom stereocenters. The Labute approximate surface area is 245 Å². The summed E-state index contributed by atoms with van der Waals surface area (Å²) in [6.07, 6.45) is 8.27. The van der Waals surface area contributed by atoms with Gasteiger partial charge in [-0.05, 0) is 55.3 Å². The highest BCUT2D eigenvalue weighted by Gasteiger charge is 2.44. The van der Waals surface area contributed by atoms with Crippen molar-refractivity contribution in [2.75, 3.05) is 4.90 Å². The molecule has 1 aliphatic rings. The summed E-state index contributed by atoms with van der Waals surface area (Å²) in [5, 5.41) is 4.93. The van der Waals surface area contributed by atoms with Crippen molar-refractivity contribution in [3.05, 3.63) is 156 Å². The van der Waals surface area contributed by atoms with Crippen LogP contribution in [0.2, 0.25) is 0 Å². The monoisotopic (exact) mass is 541 g/mol. The van der Waals surface area contributed by atoms with Crippen molar-refractivity contribution in [3.8, 4) is 0 Å². The van der Waals surface area contributed by atoms with Gasteiger partial charge in [0.05, 0.1) is 22.4 Å². The second-order valence-corrected chi connectivity index (χ2v) is 11.3. The largest absolute Gasteiger partial charge is 0.354 e. The maximum absolute atomic E-state index is 4.09. The van der Waals surface area contributed by atoms with Crippen LogP contribution in [-0.2, 0) is 5.41 Å². The molecule has 0 saturated heterocycles. The summed E-state index contributed by atoms with van der Waals surface area (Å²) in [4.78, 5) is 10.1. The number of anilines is 2. The molecular weight excluding hydrogens is 510 g/mol. The molecule has 42 heavy (non-hydrogen) atoms. The fraction of sp³-hybridized carbons (Fsp3) is 0.0769. The second kappa shape index (κ2) is 9.12. The molecule has 0 aliphatic carbocycles. The van der Waals surface area contributed by atoms with Crippen LogP contribution in [0.25, 0.3) is 43.6 Å². The van der Waals surface area contributed by atoms with E-state index in [1.165, 1.54) is 49.4 Å². The Morgan fingerprint density at radius 1 is 0.714 bits per heavy atom. The standard InChI is InChI=1S/C39H31N3/c1-4-13-26(14-5-2)42-34-24-22-29-27-17-9-11-19-32(27)40-36(29)35(34)39(3,25-15-7-6-8-16-25)31-23-21-30-28-18-10-12-20-33(28)41-37(30)38(31)42/h4-24,40-41H,1H2,2-3H3/b14-5-,26-13+. The van der Waals surface area contributed by atoms with Gasteiger partial charge in [0, 0.05) is 49.3 Å². The highest BCUT2D eigenvalue weighted by Crippen LogP contribution is 2.57. The number of hydrogen-bond acceptors (Lipinski definition) is 1. The summed E-state index contributed by atoms with van der Waals surface area (Å²) in [6.45, 7) is 8.55. The molecule has 3 heterocycles. The molecule has 0 bridgehead atoms. The van der Waals surface area contributed by atoms with E-state index in [9.17, 15) is 0 Å². The van der Waals surface area contributed by atoms with E-state index < -0.39 is 5.41 Å². The number of benzene rings is 5. The minimum Gasteiger partial charge on any atom is -0.354 e. The highest BCUT2D eigenvalue weighted by atomic mass is 15.2. The van der Waals surface area contributed by atoms with Crippen molar-refractivity contribution in [1.82, 2.24) is 9.97 Å². The van der Waals surface area contributed by atoms with Gasteiger partial charge in [0.15, 0.2) is 0 Å². The number of hydrogen-bond donors (Lipinski definition) is 2. The van der Waals surface area contributed by atoms with Gasteiger partial charge in [-0.25, -0.2) is 0 Å². The molecule has 8 rings (SSSR count). The fourth-order valence-corrected chi connectivity index (χ4v) is 7.23. The Balaban J connectivity index is 1.60. The molecule has 0 radical (unpaired) electrons. The number of aromatic nitrogens is 2. The van der Waals surface area contributed by atoms with Crippen LogP contribution in [0.4, 0.5) is 11.4 Å². The minimum atomic E-state index is -0.441. The molecule has 3 nitrogen and oxygen atoms in total. The lowest BCUT2D eigenvalue weighted by Gasteiger charge is -2.45. The van der Waals surface area contributed by atoms with Gasteiger partial charge >= 0.3 is 0 Å². The summed E-state index contributed by atoms with van der Waals surface area (Å²) >= 11 is 0. The van der Waals surface area contributed by atoms with Crippen LogP contribution in [0.1, 0.15) is 30.5 Å². The Morgan fingerprint density at radius 3 is 2.02 bits per heavy atom. The zero-order valence-corrected chi connectivity index (χ0v) is 23.8. The number of rotatable bonds is 4. The molecule has 1 atom stereocenters. The molecular formula is C39H31N3. The van der Waals surface area contributed by atoms with Gasteiger partial charge in [-0.1, -0.05) is 104 Å². The first-order chi connectivity index (χ1) is 20.6. The first-order valence-electron chi connectivity index (χ1n) is 14.5. The number of para-hydroxylation sites is 2. The quantitative estimate of drug-likeness (QED) is 0.214. The average Bonchev–Trinajstić information content (AvgIpc) is 3.60. The van der Waals surface area contributed by atoms with Gasteiger partial charge in [-0.15, -0.1) is 0 Å². The van der Waals surface area contributed by atoms with E-state index in [4.69, 9.17) is 0 Å². The third-order valence-electron chi connectivity index (χ3n) is 9.05. The SMILES string of the molecule is C=C/C=C(\C=C/C)N1c2ccc3c([nH]c4ccccc43)c2C(C)(c2ccccc2)c2ccc3c([nH]c4ccccc43)c21. The number of allylic oxidation sites excluding steroid dienone is 4. The van der Waals surface area contributed by atoms with E-state index >= 15 is 0 Å². The fourth-order valence-electron chi connectivity index (χ4n) is 7.23. The van der Waals surface area contributed by atoms with Crippen LogP contribution in [-0.4, -0.2) is 9.97 Å². The van der Waals surface area contributed by atoms with Crippen molar-refractivity contribution in [1.29, 1.82) is 0 Å².